The van der Waals surface area contributed by atoms with Crippen molar-refractivity contribution in [3.63, 3.8) is 0 Å². The lowest BCUT2D eigenvalue weighted by Gasteiger charge is -2.39. The lowest BCUT2D eigenvalue weighted by molar-refractivity contribution is -0.0823. The Hall–Kier alpha value is -2.08. The van der Waals surface area contributed by atoms with Gasteiger partial charge in [0.15, 0.2) is 5.96 Å². The number of nitrogens with zero attached hydrogens (tertiary/aromatic N) is 2. The minimum Gasteiger partial charge on any atom is -0.377 e. The number of aromatic nitrogens is 2. The van der Waals surface area contributed by atoms with E-state index in [1.54, 1.807) is 0 Å². The smallest absolute Gasteiger partial charge is 0.191 e. The molecule has 1 aliphatic heterocycles. The van der Waals surface area contributed by atoms with Crippen LogP contribution in [0, 0.1) is 11.3 Å². The zero-order valence-corrected chi connectivity index (χ0v) is 17.7. The fourth-order valence-electron chi connectivity index (χ4n) is 3.96. The van der Waals surface area contributed by atoms with Crippen molar-refractivity contribution in [3.8, 4) is 0 Å². The van der Waals surface area contributed by atoms with Gasteiger partial charge in [0.1, 0.15) is 5.82 Å². The topological polar surface area (TPSA) is 74.3 Å². The SMILES string of the molecule is CCNC(=NCC1CCCOC1C(C)(C)C)NCCc1nc2ccccc2[nH]1. The molecule has 1 aromatic heterocycles. The van der Waals surface area contributed by atoms with Crippen LogP contribution in [-0.4, -0.2) is 48.3 Å². The average molecular weight is 386 g/mol. The van der Waals surface area contributed by atoms with Crippen molar-refractivity contribution < 1.29 is 4.74 Å². The van der Waals surface area contributed by atoms with E-state index in [0.29, 0.717) is 5.92 Å². The maximum Gasteiger partial charge on any atom is 0.191 e. The molecule has 2 atom stereocenters. The standard InChI is InChI=1S/C22H35N5O/c1-5-23-21(25-15-16-9-8-14-28-20(16)22(2,3)4)24-13-12-19-26-17-10-6-7-11-18(17)27-19/h6-7,10-11,16,20H,5,8-9,12-15H2,1-4H3,(H,26,27)(H2,23,24,25). The van der Waals surface area contributed by atoms with E-state index in [-0.39, 0.29) is 11.5 Å². The summed E-state index contributed by atoms with van der Waals surface area (Å²) < 4.78 is 6.09. The van der Waals surface area contributed by atoms with E-state index in [0.717, 1.165) is 61.9 Å². The number of guanidine groups is 1. The number of para-hydroxylation sites is 2. The molecule has 1 fully saturated rings. The van der Waals surface area contributed by atoms with Crippen LogP contribution in [0.3, 0.4) is 0 Å². The molecule has 0 amide bonds. The second-order valence-corrected chi connectivity index (χ2v) is 8.66. The summed E-state index contributed by atoms with van der Waals surface area (Å²) in [6.07, 6.45) is 3.41. The van der Waals surface area contributed by atoms with Crippen LogP contribution >= 0.6 is 0 Å². The summed E-state index contributed by atoms with van der Waals surface area (Å²) in [6.45, 7) is 12.2. The highest BCUT2D eigenvalue weighted by Crippen LogP contribution is 2.34. The summed E-state index contributed by atoms with van der Waals surface area (Å²) in [4.78, 5) is 12.9. The number of hydrogen-bond donors (Lipinski definition) is 3. The number of ether oxygens (including phenoxy) is 1. The van der Waals surface area contributed by atoms with Gasteiger partial charge >= 0.3 is 0 Å². The second kappa shape index (κ2) is 9.41. The van der Waals surface area contributed by atoms with E-state index in [9.17, 15) is 0 Å². The molecule has 1 saturated heterocycles. The lowest BCUT2D eigenvalue weighted by atomic mass is 9.78. The number of benzene rings is 1. The van der Waals surface area contributed by atoms with Gasteiger partial charge in [-0.25, -0.2) is 4.98 Å². The highest BCUT2D eigenvalue weighted by Gasteiger charge is 2.35. The Morgan fingerprint density at radius 2 is 2.11 bits per heavy atom. The third kappa shape index (κ3) is 5.47. The van der Waals surface area contributed by atoms with Gasteiger partial charge in [0, 0.05) is 38.6 Å². The average Bonchev–Trinajstić information content (AvgIpc) is 3.08. The Morgan fingerprint density at radius 3 is 2.86 bits per heavy atom. The van der Waals surface area contributed by atoms with Crippen molar-refractivity contribution in [1.82, 2.24) is 20.6 Å². The van der Waals surface area contributed by atoms with Gasteiger partial charge in [-0.15, -0.1) is 0 Å². The lowest BCUT2D eigenvalue weighted by Crippen LogP contribution is -2.43. The molecule has 3 N–H and O–H groups in total. The predicted molar refractivity (Wildman–Crippen MR) is 116 cm³/mol. The van der Waals surface area contributed by atoms with E-state index in [4.69, 9.17) is 9.73 Å². The summed E-state index contributed by atoms with van der Waals surface area (Å²) >= 11 is 0. The van der Waals surface area contributed by atoms with E-state index >= 15 is 0 Å². The molecule has 2 heterocycles. The molecule has 28 heavy (non-hydrogen) atoms. The molecule has 0 aliphatic carbocycles. The van der Waals surface area contributed by atoms with Gasteiger partial charge in [0.25, 0.3) is 0 Å². The number of nitrogens with one attached hydrogen (secondary N) is 3. The van der Waals surface area contributed by atoms with E-state index in [2.05, 4.69) is 54.4 Å². The Bertz CT molecular complexity index is 744. The predicted octanol–water partition coefficient (Wildman–Crippen LogP) is 3.50. The minimum absolute atomic E-state index is 0.147. The van der Waals surface area contributed by atoms with Crippen molar-refractivity contribution in [2.75, 3.05) is 26.2 Å². The Kier molecular flexibility index (Phi) is 6.94. The molecule has 0 bridgehead atoms. The third-order valence-corrected chi connectivity index (χ3v) is 5.22. The van der Waals surface area contributed by atoms with Crippen LogP contribution in [0.4, 0.5) is 0 Å². The maximum absolute atomic E-state index is 6.09. The highest BCUT2D eigenvalue weighted by atomic mass is 16.5. The largest absolute Gasteiger partial charge is 0.377 e. The van der Waals surface area contributed by atoms with Crippen LogP contribution in [0.5, 0.6) is 0 Å². The number of hydrogen-bond acceptors (Lipinski definition) is 3. The number of aliphatic imine (C=N–C) groups is 1. The van der Waals surface area contributed by atoms with Crippen LogP contribution in [0.25, 0.3) is 11.0 Å². The van der Waals surface area contributed by atoms with Crippen molar-refractivity contribution in [3.05, 3.63) is 30.1 Å². The fraction of sp³-hybridized carbons (Fsp3) is 0.636. The van der Waals surface area contributed by atoms with Crippen molar-refractivity contribution in [2.24, 2.45) is 16.3 Å². The first-order valence-corrected chi connectivity index (χ1v) is 10.5. The van der Waals surface area contributed by atoms with Gasteiger partial charge in [-0.05, 0) is 37.3 Å². The van der Waals surface area contributed by atoms with E-state index in [1.807, 2.05) is 18.2 Å². The van der Waals surface area contributed by atoms with Gasteiger partial charge in [-0.2, -0.15) is 0 Å². The van der Waals surface area contributed by atoms with Gasteiger partial charge in [0.05, 0.1) is 17.1 Å². The molecule has 6 nitrogen and oxygen atoms in total. The quantitative estimate of drug-likeness (QED) is 0.525. The van der Waals surface area contributed by atoms with Crippen LogP contribution in [0.15, 0.2) is 29.3 Å². The van der Waals surface area contributed by atoms with Gasteiger partial charge in [-0.1, -0.05) is 32.9 Å². The molecular formula is C22H35N5O. The molecular weight excluding hydrogens is 350 g/mol. The number of rotatable bonds is 6. The highest BCUT2D eigenvalue weighted by molar-refractivity contribution is 5.79. The third-order valence-electron chi connectivity index (χ3n) is 5.22. The number of fused-ring (bicyclic) bond motifs is 1. The Morgan fingerprint density at radius 1 is 1.29 bits per heavy atom. The van der Waals surface area contributed by atoms with Crippen LogP contribution < -0.4 is 10.6 Å². The molecule has 0 radical (unpaired) electrons. The summed E-state index contributed by atoms with van der Waals surface area (Å²) in [5.74, 6) is 2.34. The van der Waals surface area contributed by atoms with Gasteiger partial charge in [0.2, 0.25) is 0 Å². The minimum atomic E-state index is 0.147. The monoisotopic (exact) mass is 385 g/mol. The number of H-pyrrole nitrogens is 1. The maximum atomic E-state index is 6.09. The molecule has 1 aliphatic rings. The van der Waals surface area contributed by atoms with Crippen molar-refractivity contribution >= 4 is 17.0 Å². The molecule has 2 aromatic rings. The molecule has 3 rings (SSSR count). The second-order valence-electron chi connectivity index (χ2n) is 8.66. The van der Waals surface area contributed by atoms with Crippen LogP contribution in [0.1, 0.15) is 46.4 Å². The first kappa shape index (κ1) is 20.6. The normalized spacial score (nSPS) is 21.1. The summed E-state index contributed by atoms with van der Waals surface area (Å²) in [5.41, 5.74) is 2.25. The zero-order valence-electron chi connectivity index (χ0n) is 17.7. The van der Waals surface area contributed by atoms with Crippen LogP contribution in [0.2, 0.25) is 0 Å². The van der Waals surface area contributed by atoms with Crippen molar-refractivity contribution in [1.29, 1.82) is 0 Å². The van der Waals surface area contributed by atoms with Crippen LogP contribution in [-0.2, 0) is 11.2 Å². The Balaban J connectivity index is 1.56. The van der Waals surface area contributed by atoms with E-state index < -0.39 is 0 Å². The summed E-state index contributed by atoms with van der Waals surface area (Å²) in [7, 11) is 0. The molecule has 6 heteroatoms. The number of aromatic amines is 1. The number of imidazole rings is 1. The molecule has 1 aromatic carbocycles. The Labute approximate surface area is 168 Å². The molecule has 154 valence electrons. The van der Waals surface area contributed by atoms with E-state index in [1.165, 1.54) is 6.42 Å². The first-order chi connectivity index (χ1) is 13.5. The first-order valence-electron chi connectivity index (χ1n) is 10.5. The summed E-state index contributed by atoms with van der Waals surface area (Å²) in [6, 6.07) is 8.13. The van der Waals surface area contributed by atoms with Crippen molar-refractivity contribution in [2.45, 2.75) is 53.1 Å². The molecule has 2 unspecified atom stereocenters. The zero-order chi connectivity index (χ0) is 20.0. The summed E-state index contributed by atoms with van der Waals surface area (Å²) in [5, 5.41) is 6.80. The molecule has 0 spiro atoms. The fourth-order valence-corrected chi connectivity index (χ4v) is 3.96. The van der Waals surface area contributed by atoms with Gasteiger partial charge < -0.3 is 20.4 Å². The van der Waals surface area contributed by atoms with Gasteiger partial charge in [-0.3, -0.25) is 4.99 Å². The molecule has 0 saturated carbocycles.